The van der Waals surface area contributed by atoms with E-state index in [4.69, 9.17) is 11.6 Å². The topological polar surface area (TPSA) is 0 Å². The van der Waals surface area contributed by atoms with Crippen molar-refractivity contribution in [1.82, 2.24) is 0 Å². The maximum atomic E-state index is 6.57. The van der Waals surface area contributed by atoms with Crippen molar-refractivity contribution < 1.29 is 0 Å². The van der Waals surface area contributed by atoms with E-state index in [-0.39, 0.29) is 0 Å². The molecule has 0 aromatic heterocycles. The molecule has 0 saturated heterocycles. The van der Waals surface area contributed by atoms with Crippen molar-refractivity contribution in [3.63, 3.8) is 0 Å². The number of hydrogen-bond acceptors (Lipinski definition) is 0. The predicted molar refractivity (Wildman–Crippen MR) is 75.6 cm³/mol. The standard InChI is InChI=1S/C17H15Cl/c1-10-6-7-14-13-8-9-15(16(14)17(10)18)12-5-3-2-4-11(12)13/h2-7,13,15H,8-9H2,1H3. The first-order valence-corrected chi connectivity index (χ1v) is 7.03. The van der Waals surface area contributed by atoms with Crippen LogP contribution in [0.25, 0.3) is 0 Å². The van der Waals surface area contributed by atoms with Gasteiger partial charge in [-0.15, -0.1) is 0 Å². The number of halogens is 1. The van der Waals surface area contributed by atoms with Crippen LogP contribution >= 0.6 is 11.6 Å². The summed E-state index contributed by atoms with van der Waals surface area (Å²) in [4.78, 5) is 0. The third-order valence-electron chi connectivity index (χ3n) is 4.62. The monoisotopic (exact) mass is 254 g/mol. The number of hydrogen-bond donors (Lipinski definition) is 0. The van der Waals surface area contributed by atoms with Gasteiger partial charge in [-0.1, -0.05) is 48.0 Å². The fourth-order valence-electron chi connectivity index (χ4n) is 3.79. The molecule has 2 unspecified atom stereocenters. The summed E-state index contributed by atoms with van der Waals surface area (Å²) >= 11 is 6.57. The fourth-order valence-corrected chi connectivity index (χ4v) is 4.09. The molecule has 0 saturated carbocycles. The van der Waals surface area contributed by atoms with Crippen molar-refractivity contribution in [2.24, 2.45) is 0 Å². The van der Waals surface area contributed by atoms with E-state index in [0.717, 1.165) is 5.02 Å². The average molecular weight is 255 g/mol. The smallest absolute Gasteiger partial charge is 0.0476 e. The molecule has 18 heavy (non-hydrogen) atoms. The van der Waals surface area contributed by atoms with Crippen molar-refractivity contribution in [3.05, 3.63) is 69.2 Å². The molecule has 0 N–H and O–H groups in total. The molecule has 2 aromatic carbocycles. The third-order valence-corrected chi connectivity index (χ3v) is 5.12. The molecule has 0 amide bonds. The Morgan fingerprint density at radius 2 is 1.56 bits per heavy atom. The van der Waals surface area contributed by atoms with Crippen molar-refractivity contribution in [1.29, 1.82) is 0 Å². The van der Waals surface area contributed by atoms with E-state index < -0.39 is 0 Å². The summed E-state index contributed by atoms with van der Waals surface area (Å²) in [5.41, 5.74) is 7.13. The number of aryl methyl sites for hydroxylation is 1. The maximum Gasteiger partial charge on any atom is 0.0476 e. The molecule has 0 nitrogen and oxygen atoms in total. The van der Waals surface area contributed by atoms with Gasteiger partial charge in [-0.25, -0.2) is 0 Å². The van der Waals surface area contributed by atoms with Crippen LogP contribution in [-0.2, 0) is 0 Å². The van der Waals surface area contributed by atoms with E-state index in [1.807, 2.05) is 0 Å². The van der Waals surface area contributed by atoms with Gasteiger partial charge in [0.1, 0.15) is 0 Å². The minimum atomic E-state index is 0.522. The normalized spacial score (nSPS) is 23.7. The van der Waals surface area contributed by atoms with E-state index in [1.54, 1.807) is 0 Å². The maximum absolute atomic E-state index is 6.57. The van der Waals surface area contributed by atoms with Crippen LogP contribution in [0.4, 0.5) is 0 Å². The molecule has 2 bridgehead atoms. The number of benzene rings is 2. The van der Waals surface area contributed by atoms with E-state index >= 15 is 0 Å². The highest BCUT2D eigenvalue weighted by molar-refractivity contribution is 6.32. The summed E-state index contributed by atoms with van der Waals surface area (Å²) in [6, 6.07) is 13.4. The zero-order valence-corrected chi connectivity index (χ0v) is 11.2. The molecule has 1 heteroatoms. The van der Waals surface area contributed by atoms with Crippen LogP contribution in [0.5, 0.6) is 0 Å². The summed E-state index contributed by atoms with van der Waals surface area (Å²) < 4.78 is 0. The van der Waals surface area contributed by atoms with Crippen molar-refractivity contribution in [2.45, 2.75) is 31.6 Å². The minimum absolute atomic E-state index is 0.522. The van der Waals surface area contributed by atoms with Crippen molar-refractivity contribution in [2.75, 3.05) is 0 Å². The van der Waals surface area contributed by atoms with Gasteiger partial charge in [0.2, 0.25) is 0 Å². The van der Waals surface area contributed by atoms with Crippen LogP contribution < -0.4 is 0 Å². The summed E-state index contributed by atoms with van der Waals surface area (Å²) in [5.74, 6) is 1.09. The Labute approximate surface area is 113 Å². The Bertz CT molecular complexity index is 642. The van der Waals surface area contributed by atoms with Crippen LogP contribution in [-0.4, -0.2) is 0 Å². The van der Waals surface area contributed by atoms with Gasteiger partial charge in [-0.3, -0.25) is 0 Å². The molecular weight excluding hydrogens is 240 g/mol. The lowest BCUT2D eigenvalue weighted by molar-refractivity contribution is 0.519. The zero-order valence-electron chi connectivity index (χ0n) is 10.4. The molecule has 3 aliphatic rings. The second-order valence-electron chi connectivity index (χ2n) is 5.51. The molecule has 0 heterocycles. The molecule has 0 radical (unpaired) electrons. The van der Waals surface area contributed by atoms with Gasteiger partial charge in [0.25, 0.3) is 0 Å². The Hall–Kier alpha value is -1.27. The molecular formula is C17H15Cl. The lowest BCUT2D eigenvalue weighted by Crippen LogP contribution is -2.25. The van der Waals surface area contributed by atoms with Crippen LogP contribution in [0, 0.1) is 6.92 Å². The Morgan fingerprint density at radius 1 is 0.889 bits per heavy atom. The Kier molecular flexibility index (Phi) is 2.14. The van der Waals surface area contributed by atoms with E-state index in [0.29, 0.717) is 11.8 Å². The summed E-state index contributed by atoms with van der Waals surface area (Å²) in [5, 5.41) is 0.997. The van der Waals surface area contributed by atoms with E-state index in [1.165, 1.54) is 40.7 Å². The highest BCUT2D eigenvalue weighted by Crippen LogP contribution is 2.54. The number of rotatable bonds is 0. The SMILES string of the molecule is Cc1ccc2c(c1Cl)C1CCC2c2ccccc21. The van der Waals surface area contributed by atoms with Crippen LogP contribution in [0.1, 0.15) is 52.5 Å². The molecule has 0 aliphatic heterocycles. The van der Waals surface area contributed by atoms with E-state index in [2.05, 4.69) is 43.3 Å². The van der Waals surface area contributed by atoms with Crippen molar-refractivity contribution in [3.8, 4) is 0 Å². The molecule has 5 rings (SSSR count). The predicted octanol–water partition coefficient (Wildman–Crippen LogP) is 5.02. The van der Waals surface area contributed by atoms with Crippen LogP contribution in [0.3, 0.4) is 0 Å². The molecule has 0 spiro atoms. The first kappa shape index (κ1) is 10.6. The molecule has 3 aliphatic carbocycles. The van der Waals surface area contributed by atoms with Crippen molar-refractivity contribution >= 4 is 11.6 Å². The highest BCUT2D eigenvalue weighted by atomic mass is 35.5. The quantitative estimate of drug-likeness (QED) is 0.619. The number of fused-ring (bicyclic) bond motifs is 1. The van der Waals surface area contributed by atoms with Gasteiger partial charge in [-0.05, 0) is 47.6 Å². The van der Waals surface area contributed by atoms with Gasteiger partial charge < -0.3 is 0 Å². The summed E-state index contributed by atoms with van der Waals surface area (Å²) in [6.45, 7) is 2.11. The van der Waals surface area contributed by atoms with Gasteiger partial charge in [-0.2, -0.15) is 0 Å². The molecule has 90 valence electrons. The molecule has 2 atom stereocenters. The molecule has 0 fully saturated rings. The first-order valence-electron chi connectivity index (χ1n) is 6.65. The Morgan fingerprint density at radius 3 is 2.33 bits per heavy atom. The lowest BCUT2D eigenvalue weighted by atomic mass is 9.63. The largest absolute Gasteiger partial charge is 0.0837 e. The summed E-state index contributed by atoms with van der Waals surface area (Å²) in [6.07, 6.45) is 2.52. The Balaban J connectivity index is 2.04. The third kappa shape index (κ3) is 1.22. The second kappa shape index (κ2) is 3.61. The minimum Gasteiger partial charge on any atom is -0.0837 e. The second-order valence-corrected chi connectivity index (χ2v) is 5.89. The average Bonchev–Trinajstić information content (AvgIpc) is 2.43. The lowest BCUT2D eigenvalue weighted by Gasteiger charge is -2.41. The van der Waals surface area contributed by atoms with Crippen LogP contribution in [0.15, 0.2) is 36.4 Å². The highest BCUT2D eigenvalue weighted by Gasteiger charge is 2.38. The van der Waals surface area contributed by atoms with Gasteiger partial charge >= 0.3 is 0 Å². The van der Waals surface area contributed by atoms with Gasteiger partial charge in [0.05, 0.1) is 0 Å². The van der Waals surface area contributed by atoms with Gasteiger partial charge in [0.15, 0.2) is 0 Å². The molecule has 2 aromatic rings. The first-order chi connectivity index (χ1) is 8.77. The summed E-state index contributed by atoms with van der Waals surface area (Å²) in [7, 11) is 0. The van der Waals surface area contributed by atoms with Crippen LogP contribution in [0.2, 0.25) is 5.02 Å². The van der Waals surface area contributed by atoms with E-state index in [9.17, 15) is 0 Å². The fraction of sp³-hybridized carbons (Fsp3) is 0.294. The zero-order chi connectivity index (χ0) is 12.3. The van der Waals surface area contributed by atoms with Gasteiger partial charge in [0, 0.05) is 16.9 Å².